The minimum Gasteiger partial charge on any atom is -0.483 e. The molecule has 0 atom stereocenters. The Balaban J connectivity index is 1.76. The molecule has 2 aromatic carbocycles. The highest BCUT2D eigenvalue weighted by Crippen LogP contribution is 2.26. The van der Waals surface area contributed by atoms with Crippen molar-refractivity contribution in [3.8, 4) is 11.6 Å². The van der Waals surface area contributed by atoms with Gasteiger partial charge in [-0.2, -0.15) is 0 Å². The van der Waals surface area contributed by atoms with Gasteiger partial charge in [0.2, 0.25) is 0 Å². The zero-order valence-electron chi connectivity index (χ0n) is 14.8. The molecule has 4 heteroatoms. The molecule has 0 spiro atoms. The van der Waals surface area contributed by atoms with E-state index in [4.69, 9.17) is 9.47 Å². The number of hydrogen-bond acceptors (Lipinski definition) is 4. The van der Waals surface area contributed by atoms with E-state index in [2.05, 4.69) is 17.1 Å². The Kier molecular flexibility index (Phi) is 6.37. The Bertz CT molecular complexity index is 833. The van der Waals surface area contributed by atoms with E-state index in [1.165, 1.54) is 0 Å². The molecule has 3 rings (SSSR count). The number of nitrogens with zero attached hydrogens (tertiary/aromatic N) is 2. The van der Waals surface area contributed by atoms with Crippen LogP contribution in [0.4, 0.5) is 0 Å². The first-order chi connectivity index (χ1) is 12.8. The largest absolute Gasteiger partial charge is 0.483 e. The maximum absolute atomic E-state index is 5.97. The molecule has 0 radical (unpaired) electrons. The van der Waals surface area contributed by atoms with Crippen LogP contribution in [-0.4, -0.2) is 10.2 Å². The lowest BCUT2D eigenvalue weighted by Gasteiger charge is -2.12. The summed E-state index contributed by atoms with van der Waals surface area (Å²) in [6.45, 7) is 2.95. The van der Waals surface area contributed by atoms with Gasteiger partial charge in [0, 0.05) is 6.07 Å². The summed E-state index contributed by atoms with van der Waals surface area (Å²) >= 11 is 0. The van der Waals surface area contributed by atoms with Gasteiger partial charge in [0.15, 0.2) is 5.75 Å². The fourth-order valence-corrected chi connectivity index (χ4v) is 2.36. The molecule has 1 heterocycles. The molecule has 0 aliphatic heterocycles. The van der Waals surface area contributed by atoms with Crippen LogP contribution >= 0.6 is 0 Å². The highest BCUT2D eigenvalue weighted by Gasteiger charge is 2.10. The number of rotatable bonds is 8. The minimum absolute atomic E-state index is 0.401. The summed E-state index contributed by atoms with van der Waals surface area (Å²) in [6.07, 6.45) is 4.91. The molecular formula is C22H22N2O2. The van der Waals surface area contributed by atoms with Crippen molar-refractivity contribution in [1.29, 1.82) is 0 Å². The quantitative estimate of drug-likeness (QED) is 0.572. The molecule has 0 fully saturated rings. The van der Waals surface area contributed by atoms with Crippen LogP contribution in [0.15, 0.2) is 72.8 Å². The van der Waals surface area contributed by atoms with E-state index in [1.54, 1.807) is 0 Å². The first kappa shape index (κ1) is 17.7. The summed E-state index contributed by atoms with van der Waals surface area (Å²) in [5.41, 5.74) is 2.91. The van der Waals surface area contributed by atoms with E-state index in [-0.39, 0.29) is 0 Å². The predicted octanol–water partition coefficient (Wildman–Crippen LogP) is 5.06. The highest BCUT2D eigenvalue weighted by molar-refractivity contribution is 5.48. The number of ether oxygens (including phenoxy) is 2. The van der Waals surface area contributed by atoms with Crippen LogP contribution in [0.1, 0.15) is 30.2 Å². The minimum atomic E-state index is 0.401. The number of allylic oxidation sites excluding steroid dienone is 1. The van der Waals surface area contributed by atoms with E-state index < -0.39 is 0 Å². The van der Waals surface area contributed by atoms with Crippen LogP contribution < -0.4 is 9.47 Å². The third-order valence-corrected chi connectivity index (χ3v) is 3.73. The summed E-state index contributed by atoms with van der Waals surface area (Å²) in [6, 6.07) is 21.8. The van der Waals surface area contributed by atoms with E-state index in [9.17, 15) is 0 Å². The second-order valence-corrected chi connectivity index (χ2v) is 5.80. The van der Waals surface area contributed by atoms with E-state index in [0.29, 0.717) is 24.8 Å². The molecule has 0 unspecified atom stereocenters. The Hall–Kier alpha value is -3.14. The molecule has 0 aliphatic rings. The van der Waals surface area contributed by atoms with Crippen LogP contribution in [0.3, 0.4) is 0 Å². The third kappa shape index (κ3) is 5.18. The van der Waals surface area contributed by atoms with E-state index >= 15 is 0 Å². The second kappa shape index (κ2) is 9.37. The molecule has 4 nitrogen and oxygen atoms in total. The lowest BCUT2D eigenvalue weighted by molar-refractivity contribution is 0.244. The van der Waals surface area contributed by atoms with Gasteiger partial charge in [-0.1, -0.05) is 73.7 Å². The van der Waals surface area contributed by atoms with E-state index in [0.717, 1.165) is 23.2 Å². The molecule has 26 heavy (non-hydrogen) atoms. The first-order valence-electron chi connectivity index (χ1n) is 8.73. The molecule has 3 aromatic rings. The zero-order chi connectivity index (χ0) is 18.0. The Labute approximate surface area is 154 Å². The van der Waals surface area contributed by atoms with Gasteiger partial charge < -0.3 is 9.47 Å². The topological polar surface area (TPSA) is 44.2 Å². The SMILES string of the molecule is CCC=Cc1cc(OCc2ccccc2)c(OCc2ccccc2)nn1. The fraction of sp³-hybridized carbons (Fsp3) is 0.182. The van der Waals surface area contributed by atoms with Crippen LogP contribution in [-0.2, 0) is 13.2 Å². The van der Waals surface area contributed by atoms with Crippen molar-refractivity contribution in [1.82, 2.24) is 10.2 Å². The van der Waals surface area contributed by atoms with Gasteiger partial charge >= 0.3 is 0 Å². The second-order valence-electron chi connectivity index (χ2n) is 5.80. The summed E-state index contributed by atoms with van der Waals surface area (Å²) < 4.78 is 11.8. The van der Waals surface area contributed by atoms with Gasteiger partial charge in [0.1, 0.15) is 13.2 Å². The summed E-state index contributed by atoms with van der Waals surface area (Å²) in [7, 11) is 0. The van der Waals surface area contributed by atoms with Gasteiger partial charge in [-0.3, -0.25) is 0 Å². The highest BCUT2D eigenvalue weighted by atomic mass is 16.5. The molecular weight excluding hydrogens is 324 g/mol. The summed E-state index contributed by atoms with van der Waals surface area (Å²) in [5, 5.41) is 8.41. The standard InChI is InChI=1S/C22H22N2O2/c1-2-3-14-20-15-21(25-16-18-10-6-4-7-11-18)22(24-23-20)26-17-19-12-8-5-9-13-19/h3-15H,2,16-17H2,1H3. The average molecular weight is 346 g/mol. The first-order valence-corrected chi connectivity index (χ1v) is 8.73. The zero-order valence-corrected chi connectivity index (χ0v) is 14.8. The Morgan fingerprint density at radius 2 is 1.42 bits per heavy atom. The van der Waals surface area contributed by atoms with Crippen molar-refractivity contribution in [3.63, 3.8) is 0 Å². The van der Waals surface area contributed by atoms with Crippen LogP contribution in [0.25, 0.3) is 6.08 Å². The van der Waals surface area contributed by atoms with Crippen molar-refractivity contribution >= 4 is 6.08 Å². The summed E-state index contributed by atoms with van der Waals surface area (Å²) in [5.74, 6) is 0.994. The van der Waals surface area contributed by atoms with Gasteiger partial charge in [-0.05, 0) is 23.6 Å². The molecule has 0 aliphatic carbocycles. The summed E-state index contributed by atoms with van der Waals surface area (Å²) in [4.78, 5) is 0. The van der Waals surface area contributed by atoms with Crippen molar-refractivity contribution in [3.05, 3.63) is 89.6 Å². The van der Waals surface area contributed by atoms with Gasteiger partial charge in [-0.15, -0.1) is 10.2 Å². The van der Waals surface area contributed by atoms with Crippen LogP contribution in [0.5, 0.6) is 11.6 Å². The maximum Gasteiger partial charge on any atom is 0.276 e. The third-order valence-electron chi connectivity index (χ3n) is 3.73. The van der Waals surface area contributed by atoms with Crippen molar-refractivity contribution < 1.29 is 9.47 Å². The van der Waals surface area contributed by atoms with Gasteiger partial charge in [-0.25, -0.2) is 0 Å². The maximum atomic E-state index is 5.97. The van der Waals surface area contributed by atoms with Gasteiger partial charge in [0.25, 0.3) is 5.88 Å². The molecule has 132 valence electrons. The van der Waals surface area contributed by atoms with Crippen molar-refractivity contribution in [2.45, 2.75) is 26.6 Å². The fourth-order valence-electron chi connectivity index (χ4n) is 2.36. The number of benzene rings is 2. The smallest absolute Gasteiger partial charge is 0.276 e. The molecule has 0 bridgehead atoms. The lowest BCUT2D eigenvalue weighted by atomic mass is 10.2. The lowest BCUT2D eigenvalue weighted by Crippen LogP contribution is -2.04. The molecule has 0 amide bonds. The molecule has 1 aromatic heterocycles. The van der Waals surface area contributed by atoms with Crippen molar-refractivity contribution in [2.75, 3.05) is 0 Å². The van der Waals surface area contributed by atoms with Crippen LogP contribution in [0.2, 0.25) is 0 Å². The normalized spacial score (nSPS) is 10.8. The van der Waals surface area contributed by atoms with Crippen LogP contribution in [0, 0.1) is 0 Å². The predicted molar refractivity (Wildman–Crippen MR) is 103 cm³/mol. The molecule has 0 N–H and O–H groups in total. The van der Waals surface area contributed by atoms with Gasteiger partial charge in [0.05, 0.1) is 5.69 Å². The molecule has 0 saturated heterocycles. The Morgan fingerprint density at radius 1 is 0.808 bits per heavy atom. The monoisotopic (exact) mass is 346 g/mol. The molecule has 0 saturated carbocycles. The number of aromatic nitrogens is 2. The van der Waals surface area contributed by atoms with E-state index in [1.807, 2.05) is 78.9 Å². The number of hydrogen-bond donors (Lipinski definition) is 0. The Morgan fingerprint density at radius 3 is 2.04 bits per heavy atom. The average Bonchev–Trinajstić information content (AvgIpc) is 2.71. The van der Waals surface area contributed by atoms with Crippen molar-refractivity contribution in [2.24, 2.45) is 0 Å².